The molecule has 3 rings (SSSR count). The molecule has 10 heteroatoms. The van der Waals surface area contributed by atoms with E-state index in [-0.39, 0.29) is 24.4 Å². The smallest absolute Gasteiger partial charge is 0.338 e. The molecule has 1 aromatic carbocycles. The van der Waals surface area contributed by atoms with Crippen LogP contribution in [0.2, 0.25) is 0 Å². The molecule has 1 fully saturated rings. The fourth-order valence-electron chi connectivity index (χ4n) is 2.96. The lowest BCUT2D eigenvalue weighted by atomic mass is 9.97. The van der Waals surface area contributed by atoms with E-state index in [4.69, 9.17) is 9.47 Å². The molecule has 1 aliphatic rings. The summed E-state index contributed by atoms with van der Waals surface area (Å²) in [5, 5.41) is 10.9. The standard InChI is InChI=1S/C18H21N5O5/c1-2-27-17(25)14-7-9-22(10-8-14)16(24)11-28-18(26)13-3-5-15(6-4-13)23-12-19-20-21-23/h3-6,12,14H,2,7-11H2,1H3. The fourth-order valence-corrected chi connectivity index (χ4v) is 2.96. The fraction of sp³-hybridized carbons (Fsp3) is 0.444. The molecule has 0 spiro atoms. The van der Waals surface area contributed by atoms with E-state index in [9.17, 15) is 14.4 Å². The van der Waals surface area contributed by atoms with Crippen molar-refractivity contribution in [1.29, 1.82) is 0 Å². The Morgan fingerprint density at radius 1 is 1.11 bits per heavy atom. The monoisotopic (exact) mass is 387 g/mol. The SMILES string of the molecule is CCOC(=O)C1CCN(C(=O)COC(=O)c2ccc(-n3cnnn3)cc2)CC1. The summed E-state index contributed by atoms with van der Waals surface area (Å²) >= 11 is 0. The normalized spacial score (nSPS) is 14.5. The highest BCUT2D eigenvalue weighted by atomic mass is 16.5. The molecule has 0 bridgehead atoms. The summed E-state index contributed by atoms with van der Waals surface area (Å²) < 4.78 is 11.6. The Hall–Kier alpha value is -3.30. The van der Waals surface area contributed by atoms with Gasteiger partial charge in [-0.2, -0.15) is 0 Å². The van der Waals surface area contributed by atoms with Gasteiger partial charge in [-0.05, 0) is 54.5 Å². The average molecular weight is 387 g/mol. The van der Waals surface area contributed by atoms with E-state index in [1.807, 2.05) is 0 Å². The Labute approximate surface area is 161 Å². The molecular formula is C18H21N5O5. The van der Waals surface area contributed by atoms with Gasteiger partial charge in [-0.25, -0.2) is 9.48 Å². The lowest BCUT2D eigenvalue weighted by Gasteiger charge is -2.30. The third kappa shape index (κ3) is 4.70. The number of nitrogens with zero attached hydrogens (tertiary/aromatic N) is 5. The molecule has 10 nitrogen and oxygen atoms in total. The van der Waals surface area contributed by atoms with Gasteiger partial charge in [0.2, 0.25) is 0 Å². The molecule has 0 unspecified atom stereocenters. The molecule has 1 aromatic heterocycles. The zero-order valence-electron chi connectivity index (χ0n) is 15.5. The van der Waals surface area contributed by atoms with Gasteiger partial charge < -0.3 is 14.4 Å². The van der Waals surface area contributed by atoms with Gasteiger partial charge >= 0.3 is 11.9 Å². The van der Waals surface area contributed by atoms with Crippen LogP contribution in [0.1, 0.15) is 30.1 Å². The van der Waals surface area contributed by atoms with Crippen molar-refractivity contribution in [3.05, 3.63) is 36.2 Å². The van der Waals surface area contributed by atoms with E-state index >= 15 is 0 Å². The number of aromatic nitrogens is 4. The van der Waals surface area contributed by atoms with Crippen LogP contribution >= 0.6 is 0 Å². The number of benzene rings is 1. The third-order valence-corrected chi connectivity index (χ3v) is 4.51. The van der Waals surface area contributed by atoms with E-state index < -0.39 is 5.97 Å². The summed E-state index contributed by atoms with van der Waals surface area (Å²) in [6.07, 6.45) is 2.55. The van der Waals surface area contributed by atoms with Crippen molar-refractivity contribution >= 4 is 17.8 Å². The molecule has 1 amide bonds. The lowest BCUT2D eigenvalue weighted by molar-refractivity contribution is -0.151. The molecule has 1 aliphatic heterocycles. The number of carbonyl (C=O) groups excluding carboxylic acids is 3. The number of hydrogen-bond donors (Lipinski definition) is 0. The van der Waals surface area contributed by atoms with E-state index in [1.165, 1.54) is 11.0 Å². The molecule has 2 heterocycles. The molecule has 0 atom stereocenters. The van der Waals surface area contributed by atoms with Crippen LogP contribution in [0.5, 0.6) is 0 Å². The van der Waals surface area contributed by atoms with Crippen molar-refractivity contribution < 1.29 is 23.9 Å². The molecule has 2 aromatic rings. The maximum Gasteiger partial charge on any atom is 0.338 e. The molecule has 0 radical (unpaired) electrons. The first-order valence-electron chi connectivity index (χ1n) is 9.03. The Bertz CT molecular complexity index is 813. The van der Waals surface area contributed by atoms with Crippen molar-refractivity contribution in [2.24, 2.45) is 5.92 Å². The first-order valence-corrected chi connectivity index (χ1v) is 9.03. The van der Waals surface area contributed by atoms with Gasteiger partial charge in [-0.15, -0.1) is 5.10 Å². The first-order chi connectivity index (χ1) is 13.6. The van der Waals surface area contributed by atoms with Gasteiger partial charge in [0.1, 0.15) is 6.33 Å². The van der Waals surface area contributed by atoms with Crippen molar-refractivity contribution in [3.63, 3.8) is 0 Å². The number of tetrazole rings is 1. The highest BCUT2D eigenvalue weighted by Crippen LogP contribution is 2.19. The summed E-state index contributed by atoms with van der Waals surface area (Å²) in [6.45, 7) is 2.67. The van der Waals surface area contributed by atoms with Crippen LogP contribution in [0, 0.1) is 5.92 Å². The quantitative estimate of drug-likeness (QED) is 0.662. The number of esters is 2. The average Bonchev–Trinajstić information content (AvgIpc) is 3.27. The zero-order chi connectivity index (χ0) is 19.9. The summed E-state index contributed by atoms with van der Waals surface area (Å²) in [5.74, 6) is -1.25. The van der Waals surface area contributed by atoms with Gasteiger partial charge in [0.05, 0.1) is 23.8 Å². The second-order valence-electron chi connectivity index (χ2n) is 6.28. The van der Waals surface area contributed by atoms with E-state index in [2.05, 4.69) is 15.5 Å². The van der Waals surface area contributed by atoms with Crippen LogP contribution in [0.25, 0.3) is 5.69 Å². The van der Waals surface area contributed by atoms with Crippen LogP contribution < -0.4 is 0 Å². The van der Waals surface area contributed by atoms with Crippen LogP contribution in [-0.4, -0.2) is 69.3 Å². The Kier molecular flexibility index (Phi) is 6.30. The zero-order valence-corrected chi connectivity index (χ0v) is 15.5. The number of amides is 1. The van der Waals surface area contributed by atoms with Crippen molar-refractivity contribution in [2.75, 3.05) is 26.3 Å². The summed E-state index contributed by atoms with van der Waals surface area (Å²) in [4.78, 5) is 37.7. The number of ether oxygens (including phenoxy) is 2. The molecule has 1 saturated heterocycles. The van der Waals surface area contributed by atoms with Crippen LogP contribution in [-0.2, 0) is 19.1 Å². The Balaban J connectivity index is 1.46. The molecule has 0 saturated carbocycles. The summed E-state index contributed by atoms with van der Waals surface area (Å²) in [5.41, 5.74) is 1.02. The van der Waals surface area contributed by atoms with Gasteiger partial charge in [-0.3, -0.25) is 9.59 Å². The minimum Gasteiger partial charge on any atom is -0.466 e. The number of rotatable bonds is 6. The highest BCUT2D eigenvalue weighted by molar-refractivity contribution is 5.91. The predicted molar refractivity (Wildman–Crippen MR) is 95.4 cm³/mol. The van der Waals surface area contributed by atoms with Crippen LogP contribution in [0.4, 0.5) is 0 Å². The minimum atomic E-state index is -0.585. The predicted octanol–water partition coefficient (Wildman–Crippen LogP) is 0.621. The molecule has 0 N–H and O–H groups in total. The number of likely N-dealkylation sites (tertiary alicyclic amines) is 1. The second kappa shape index (κ2) is 9.07. The van der Waals surface area contributed by atoms with Gasteiger partial charge in [0, 0.05) is 13.1 Å². The van der Waals surface area contributed by atoms with Gasteiger partial charge in [0.25, 0.3) is 5.91 Å². The largest absolute Gasteiger partial charge is 0.466 e. The van der Waals surface area contributed by atoms with Gasteiger partial charge in [0.15, 0.2) is 6.61 Å². The first kappa shape index (κ1) is 19.5. The topological polar surface area (TPSA) is 117 Å². The maximum atomic E-state index is 12.3. The van der Waals surface area contributed by atoms with Crippen molar-refractivity contribution in [3.8, 4) is 5.69 Å². The van der Waals surface area contributed by atoms with Crippen molar-refractivity contribution in [1.82, 2.24) is 25.1 Å². The number of piperidine rings is 1. The second-order valence-corrected chi connectivity index (χ2v) is 6.28. The van der Waals surface area contributed by atoms with Crippen molar-refractivity contribution in [2.45, 2.75) is 19.8 Å². The lowest BCUT2D eigenvalue weighted by Crippen LogP contribution is -2.42. The van der Waals surface area contributed by atoms with E-state index in [0.29, 0.717) is 43.8 Å². The number of hydrogen-bond acceptors (Lipinski definition) is 8. The van der Waals surface area contributed by atoms with Crippen LogP contribution in [0.15, 0.2) is 30.6 Å². The number of carbonyl (C=O) groups is 3. The molecule has 0 aliphatic carbocycles. The Morgan fingerprint density at radius 3 is 2.43 bits per heavy atom. The van der Waals surface area contributed by atoms with E-state index in [1.54, 1.807) is 36.1 Å². The molecular weight excluding hydrogens is 366 g/mol. The highest BCUT2D eigenvalue weighted by Gasteiger charge is 2.28. The summed E-state index contributed by atoms with van der Waals surface area (Å²) in [7, 11) is 0. The maximum absolute atomic E-state index is 12.3. The molecule has 148 valence electrons. The third-order valence-electron chi connectivity index (χ3n) is 4.51. The van der Waals surface area contributed by atoms with Gasteiger partial charge in [-0.1, -0.05) is 0 Å². The molecule has 28 heavy (non-hydrogen) atoms. The van der Waals surface area contributed by atoms with E-state index in [0.717, 1.165) is 0 Å². The van der Waals surface area contributed by atoms with Crippen LogP contribution in [0.3, 0.4) is 0 Å². The summed E-state index contributed by atoms with van der Waals surface area (Å²) in [6, 6.07) is 6.51. The minimum absolute atomic E-state index is 0.176. The Morgan fingerprint density at radius 2 is 1.82 bits per heavy atom.